The van der Waals surface area contributed by atoms with Gasteiger partial charge < -0.3 is 10.6 Å². The van der Waals surface area contributed by atoms with Crippen molar-refractivity contribution in [1.29, 1.82) is 5.26 Å². The number of anilines is 1. The molecule has 2 unspecified atom stereocenters. The summed E-state index contributed by atoms with van der Waals surface area (Å²) < 4.78 is 0. The smallest absolute Gasteiger partial charge is 0.103 e. The number of hydrogen-bond donors (Lipinski definition) is 1. The summed E-state index contributed by atoms with van der Waals surface area (Å²) in [6, 6.07) is 4.68. The van der Waals surface area contributed by atoms with Gasteiger partial charge in [-0.3, -0.25) is 4.98 Å². The highest BCUT2D eigenvalue weighted by Crippen LogP contribution is 2.32. The van der Waals surface area contributed by atoms with E-state index in [4.69, 9.17) is 5.73 Å². The fourth-order valence-corrected chi connectivity index (χ4v) is 3.22. The van der Waals surface area contributed by atoms with Crippen LogP contribution in [0.5, 0.6) is 0 Å². The number of aromatic nitrogens is 1. The van der Waals surface area contributed by atoms with Crippen LogP contribution in [0, 0.1) is 31.1 Å². The first-order valence-electron chi connectivity index (χ1n) is 7.45. The van der Waals surface area contributed by atoms with Gasteiger partial charge in [0.15, 0.2) is 0 Å². The molecule has 4 nitrogen and oxygen atoms in total. The number of hydrogen-bond acceptors (Lipinski definition) is 4. The highest BCUT2D eigenvalue weighted by Gasteiger charge is 2.28. The number of nitrogens with two attached hydrogens (primary N) is 1. The van der Waals surface area contributed by atoms with Gasteiger partial charge in [0.25, 0.3) is 0 Å². The van der Waals surface area contributed by atoms with E-state index in [0.717, 1.165) is 36.0 Å². The summed E-state index contributed by atoms with van der Waals surface area (Å²) in [6.45, 7) is 7.76. The Morgan fingerprint density at radius 1 is 1.50 bits per heavy atom. The van der Waals surface area contributed by atoms with Crippen LogP contribution >= 0.6 is 0 Å². The third kappa shape index (κ3) is 2.78. The van der Waals surface area contributed by atoms with Crippen molar-refractivity contribution in [3.63, 3.8) is 0 Å². The lowest BCUT2D eigenvalue weighted by molar-refractivity contribution is 0.335. The molecule has 2 atom stereocenters. The summed E-state index contributed by atoms with van der Waals surface area (Å²) in [5, 5.41) is 9.43. The van der Waals surface area contributed by atoms with Gasteiger partial charge in [0.2, 0.25) is 0 Å². The average molecular weight is 272 g/mol. The van der Waals surface area contributed by atoms with E-state index < -0.39 is 0 Å². The molecule has 2 N–H and O–H groups in total. The molecule has 1 fully saturated rings. The Balaban J connectivity index is 2.38. The molecule has 0 aliphatic carbocycles. The van der Waals surface area contributed by atoms with E-state index in [-0.39, 0.29) is 0 Å². The second-order valence-corrected chi connectivity index (χ2v) is 5.74. The zero-order chi connectivity index (χ0) is 14.7. The predicted molar refractivity (Wildman–Crippen MR) is 81.6 cm³/mol. The van der Waals surface area contributed by atoms with Crippen LogP contribution in [-0.4, -0.2) is 24.1 Å². The molecule has 1 aromatic heterocycles. The predicted octanol–water partition coefficient (Wildman–Crippen LogP) is 2.52. The van der Waals surface area contributed by atoms with Crippen molar-refractivity contribution in [2.45, 2.75) is 46.1 Å². The van der Waals surface area contributed by atoms with Crippen LogP contribution in [0.25, 0.3) is 0 Å². The van der Waals surface area contributed by atoms with Crippen molar-refractivity contribution in [1.82, 2.24) is 4.98 Å². The molecule has 1 saturated heterocycles. The maximum atomic E-state index is 9.43. The van der Waals surface area contributed by atoms with Crippen LogP contribution < -0.4 is 10.6 Å². The Morgan fingerprint density at radius 2 is 2.25 bits per heavy atom. The quantitative estimate of drug-likeness (QED) is 0.918. The van der Waals surface area contributed by atoms with Crippen LogP contribution in [0.3, 0.4) is 0 Å². The molecule has 0 aromatic carbocycles. The van der Waals surface area contributed by atoms with Crippen molar-refractivity contribution in [2.75, 3.05) is 18.0 Å². The van der Waals surface area contributed by atoms with Crippen LogP contribution in [0.4, 0.5) is 5.69 Å². The van der Waals surface area contributed by atoms with Crippen LogP contribution in [-0.2, 0) is 0 Å². The van der Waals surface area contributed by atoms with E-state index in [1.54, 1.807) is 0 Å². The van der Waals surface area contributed by atoms with E-state index in [1.807, 2.05) is 19.9 Å². The summed E-state index contributed by atoms with van der Waals surface area (Å²) in [4.78, 5) is 6.73. The lowest BCUT2D eigenvalue weighted by Gasteiger charge is -2.41. The maximum absolute atomic E-state index is 9.43. The molecular weight excluding hydrogens is 248 g/mol. The topological polar surface area (TPSA) is 65.9 Å². The van der Waals surface area contributed by atoms with E-state index in [2.05, 4.69) is 22.9 Å². The third-order valence-electron chi connectivity index (χ3n) is 4.40. The van der Waals surface area contributed by atoms with Crippen molar-refractivity contribution in [2.24, 2.45) is 11.7 Å². The Morgan fingerprint density at radius 3 is 2.85 bits per heavy atom. The zero-order valence-corrected chi connectivity index (χ0v) is 12.7. The number of rotatable bonds is 3. The minimum absolute atomic E-state index is 0.335. The Bertz CT molecular complexity index is 518. The molecule has 0 radical (unpaired) electrons. The van der Waals surface area contributed by atoms with Gasteiger partial charge in [-0.05, 0) is 38.7 Å². The summed E-state index contributed by atoms with van der Waals surface area (Å²) in [5.74, 6) is 0.759. The van der Waals surface area contributed by atoms with Crippen molar-refractivity contribution >= 4 is 5.69 Å². The molecule has 0 saturated carbocycles. The lowest BCUT2D eigenvalue weighted by Crippen LogP contribution is -2.47. The largest absolute Gasteiger partial charge is 0.366 e. The van der Waals surface area contributed by atoms with E-state index in [9.17, 15) is 5.26 Å². The van der Waals surface area contributed by atoms with Gasteiger partial charge in [0, 0.05) is 24.8 Å². The zero-order valence-electron chi connectivity index (χ0n) is 12.7. The molecule has 1 aliphatic rings. The molecular formula is C16H24N4. The number of piperidine rings is 1. The molecule has 2 heterocycles. The van der Waals surface area contributed by atoms with E-state index in [1.165, 1.54) is 12.8 Å². The highest BCUT2D eigenvalue weighted by atomic mass is 15.2. The minimum Gasteiger partial charge on any atom is -0.366 e. The number of pyridine rings is 1. The Kier molecular flexibility index (Phi) is 4.61. The maximum Gasteiger partial charge on any atom is 0.103 e. The van der Waals surface area contributed by atoms with E-state index in [0.29, 0.717) is 18.2 Å². The molecule has 4 heteroatoms. The highest BCUT2D eigenvalue weighted by molar-refractivity contribution is 5.62. The van der Waals surface area contributed by atoms with Crippen molar-refractivity contribution in [3.05, 3.63) is 23.0 Å². The summed E-state index contributed by atoms with van der Waals surface area (Å²) in [5.41, 5.74) is 9.47. The van der Waals surface area contributed by atoms with E-state index >= 15 is 0 Å². The number of nitriles is 1. The second kappa shape index (κ2) is 6.23. The number of nitrogens with zero attached hydrogens (tertiary/aromatic N) is 3. The van der Waals surface area contributed by atoms with Gasteiger partial charge in [0.1, 0.15) is 6.07 Å². The second-order valence-electron chi connectivity index (χ2n) is 5.74. The molecule has 1 aromatic rings. The molecule has 108 valence electrons. The monoisotopic (exact) mass is 272 g/mol. The molecule has 2 rings (SSSR count). The normalized spacial score (nSPS) is 22.6. The van der Waals surface area contributed by atoms with Gasteiger partial charge in [-0.25, -0.2) is 0 Å². The van der Waals surface area contributed by atoms with Gasteiger partial charge >= 0.3 is 0 Å². The molecule has 0 bridgehead atoms. The first kappa shape index (κ1) is 14.8. The molecule has 0 amide bonds. The van der Waals surface area contributed by atoms with Gasteiger partial charge in [0.05, 0.1) is 16.9 Å². The first-order valence-corrected chi connectivity index (χ1v) is 7.45. The van der Waals surface area contributed by atoms with Gasteiger partial charge in [-0.2, -0.15) is 5.26 Å². The third-order valence-corrected chi connectivity index (χ3v) is 4.40. The van der Waals surface area contributed by atoms with Crippen LogP contribution in [0.1, 0.15) is 43.1 Å². The molecule has 1 aliphatic heterocycles. The summed E-state index contributed by atoms with van der Waals surface area (Å²) in [7, 11) is 0. The standard InChI is InChI=1S/C16H24N4/c1-4-13-5-6-20(14(8-13)9-17)16-7-11(2)19-12(3)15(16)10-18/h7,13-14H,4-6,8-9,17H2,1-3H3. The first-order chi connectivity index (χ1) is 9.60. The lowest BCUT2D eigenvalue weighted by atomic mass is 9.88. The average Bonchev–Trinajstić information content (AvgIpc) is 2.45. The Hall–Kier alpha value is -1.60. The van der Waals surface area contributed by atoms with Crippen LogP contribution in [0.15, 0.2) is 6.07 Å². The van der Waals surface area contributed by atoms with Crippen LogP contribution in [0.2, 0.25) is 0 Å². The van der Waals surface area contributed by atoms with Gasteiger partial charge in [-0.15, -0.1) is 0 Å². The molecule has 0 spiro atoms. The molecule has 20 heavy (non-hydrogen) atoms. The Labute approximate surface area is 121 Å². The fourth-order valence-electron chi connectivity index (χ4n) is 3.22. The summed E-state index contributed by atoms with van der Waals surface area (Å²) >= 11 is 0. The fraction of sp³-hybridized carbons (Fsp3) is 0.625. The van der Waals surface area contributed by atoms with Crippen molar-refractivity contribution < 1.29 is 0 Å². The van der Waals surface area contributed by atoms with Gasteiger partial charge in [-0.1, -0.05) is 13.3 Å². The minimum atomic E-state index is 0.335. The SMILES string of the molecule is CCC1CCN(c2cc(C)nc(C)c2C#N)C(CN)C1. The number of aryl methyl sites for hydroxylation is 2. The summed E-state index contributed by atoms with van der Waals surface area (Å²) in [6.07, 6.45) is 3.51. The van der Waals surface area contributed by atoms with Crippen molar-refractivity contribution in [3.8, 4) is 6.07 Å².